The highest BCUT2D eigenvalue weighted by Crippen LogP contribution is 2.27. The summed E-state index contributed by atoms with van der Waals surface area (Å²) >= 11 is 6.98. The smallest absolute Gasteiger partial charge is 0.327 e. The second-order valence-corrected chi connectivity index (χ2v) is 5.62. The summed E-state index contributed by atoms with van der Waals surface area (Å²) in [6.45, 7) is 0. The van der Waals surface area contributed by atoms with Crippen molar-refractivity contribution >= 4 is 28.9 Å². The predicted molar refractivity (Wildman–Crippen MR) is 62.9 cm³/mol. The lowest BCUT2D eigenvalue weighted by Gasteiger charge is -2.17. The molecule has 0 spiro atoms. The van der Waals surface area contributed by atoms with Crippen LogP contribution in [0.2, 0.25) is 4.34 Å². The molecule has 0 amide bonds. The maximum Gasteiger partial charge on any atom is 0.327 e. The molecule has 1 aliphatic rings. The van der Waals surface area contributed by atoms with Crippen molar-refractivity contribution in [1.29, 1.82) is 0 Å². The molecule has 4 nitrogen and oxygen atoms in total. The summed E-state index contributed by atoms with van der Waals surface area (Å²) in [4.78, 5) is 15.2. The lowest BCUT2D eigenvalue weighted by molar-refractivity contribution is -0.139. The molecule has 1 aliphatic carbocycles. The Morgan fingerprint density at radius 3 is 2.81 bits per heavy atom. The molecule has 2 N–H and O–H groups in total. The highest BCUT2D eigenvalue weighted by molar-refractivity contribution is 7.16. The molecule has 6 heteroatoms. The molecule has 1 heterocycles. The Morgan fingerprint density at radius 2 is 2.31 bits per heavy atom. The van der Waals surface area contributed by atoms with Gasteiger partial charge >= 0.3 is 5.97 Å². The molecule has 0 radical (unpaired) electrons. The number of carboxylic acids is 1. The molecular weight excluding hydrogens is 248 g/mol. The predicted octanol–water partition coefficient (Wildman–Crippen LogP) is 2.45. The number of aliphatic carboxylic acids is 1. The largest absolute Gasteiger partial charge is 0.480 e. The van der Waals surface area contributed by atoms with Crippen molar-refractivity contribution in [3.05, 3.63) is 15.5 Å². The van der Waals surface area contributed by atoms with E-state index in [9.17, 15) is 4.79 Å². The Labute approximate surface area is 103 Å². The first-order valence-corrected chi connectivity index (χ1v) is 6.46. The van der Waals surface area contributed by atoms with E-state index in [1.165, 1.54) is 30.4 Å². The number of thiazole rings is 1. The van der Waals surface area contributed by atoms with Crippen LogP contribution in [0.15, 0.2) is 6.20 Å². The molecule has 2 rings (SSSR count). The van der Waals surface area contributed by atoms with Gasteiger partial charge in [0.05, 0.1) is 6.20 Å². The molecule has 1 atom stereocenters. The van der Waals surface area contributed by atoms with E-state index in [2.05, 4.69) is 10.3 Å². The van der Waals surface area contributed by atoms with Gasteiger partial charge in [-0.25, -0.2) is 4.98 Å². The number of carbonyl (C=O) groups is 1. The number of rotatable bonds is 4. The fourth-order valence-electron chi connectivity index (χ4n) is 1.98. The zero-order valence-electron chi connectivity index (χ0n) is 8.65. The van der Waals surface area contributed by atoms with Crippen LogP contribution in [0.25, 0.3) is 0 Å². The minimum atomic E-state index is -0.891. The van der Waals surface area contributed by atoms with Crippen LogP contribution < -0.4 is 5.32 Å². The molecule has 88 valence electrons. The van der Waals surface area contributed by atoms with Crippen LogP contribution in [-0.2, 0) is 4.79 Å². The Morgan fingerprint density at radius 1 is 1.62 bits per heavy atom. The van der Waals surface area contributed by atoms with Crippen LogP contribution in [0.5, 0.6) is 0 Å². The third kappa shape index (κ3) is 2.72. The van der Waals surface area contributed by atoms with Gasteiger partial charge in [-0.15, -0.1) is 11.3 Å². The van der Waals surface area contributed by atoms with E-state index in [0.717, 1.165) is 12.8 Å². The lowest BCUT2D eigenvalue weighted by Crippen LogP contribution is -2.35. The van der Waals surface area contributed by atoms with Gasteiger partial charge in [0, 0.05) is 6.04 Å². The first-order valence-electron chi connectivity index (χ1n) is 5.27. The molecule has 0 aromatic carbocycles. The van der Waals surface area contributed by atoms with E-state index in [1.54, 1.807) is 0 Å². The molecule has 1 fully saturated rings. The Hall–Kier alpha value is -0.650. The average Bonchev–Trinajstić information content (AvgIpc) is 2.84. The van der Waals surface area contributed by atoms with Crippen LogP contribution in [0.1, 0.15) is 36.7 Å². The summed E-state index contributed by atoms with van der Waals surface area (Å²) in [5.74, 6) is -0.891. The monoisotopic (exact) mass is 260 g/mol. The van der Waals surface area contributed by atoms with Crippen LogP contribution >= 0.6 is 22.9 Å². The van der Waals surface area contributed by atoms with Crippen LogP contribution in [-0.4, -0.2) is 22.1 Å². The zero-order valence-corrected chi connectivity index (χ0v) is 10.2. The number of halogens is 1. The molecular formula is C10H13ClN2O2S. The van der Waals surface area contributed by atoms with Crippen molar-refractivity contribution in [2.75, 3.05) is 0 Å². The van der Waals surface area contributed by atoms with Crippen molar-refractivity contribution in [2.24, 2.45) is 0 Å². The second-order valence-electron chi connectivity index (χ2n) is 3.92. The molecule has 16 heavy (non-hydrogen) atoms. The maximum absolute atomic E-state index is 11.2. The number of carboxylic acid groups (broad SMARTS) is 1. The summed E-state index contributed by atoms with van der Waals surface area (Å²) in [7, 11) is 0. The molecule has 1 saturated carbocycles. The van der Waals surface area contributed by atoms with Crippen molar-refractivity contribution in [2.45, 2.75) is 37.8 Å². The number of aromatic nitrogens is 1. The summed E-state index contributed by atoms with van der Waals surface area (Å²) in [5, 5.41) is 12.8. The molecule has 0 saturated heterocycles. The third-order valence-corrected chi connectivity index (χ3v) is 3.93. The molecule has 1 aromatic heterocycles. The highest BCUT2D eigenvalue weighted by Gasteiger charge is 2.27. The SMILES string of the molecule is O=C(O)C(NC1CCCC1)c1ncc(Cl)s1. The summed E-state index contributed by atoms with van der Waals surface area (Å²) in [6.07, 6.45) is 5.92. The fourth-order valence-corrected chi connectivity index (χ4v) is 2.96. The number of nitrogens with one attached hydrogen (secondary N) is 1. The third-order valence-electron chi connectivity index (χ3n) is 2.75. The Balaban J connectivity index is 2.07. The van der Waals surface area contributed by atoms with Gasteiger partial charge in [-0.3, -0.25) is 10.1 Å². The van der Waals surface area contributed by atoms with E-state index >= 15 is 0 Å². The summed E-state index contributed by atoms with van der Waals surface area (Å²) in [5.41, 5.74) is 0. The molecule has 1 unspecified atom stereocenters. The maximum atomic E-state index is 11.2. The average molecular weight is 261 g/mol. The number of hydrogen-bond acceptors (Lipinski definition) is 4. The van der Waals surface area contributed by atoms with Gasteiger partial charge in [-0.05, 0) is 12.8 Å². The normalized spacial score (nSPS) is 18.8. The van der Waals surface area contributed by atoms with E-state index in [1.807, 2.05) is 0 Å². The van der Waals surface area contributed by atoms with Crippen molar-refractivity contribution in [3.8, 4) is 0 Å². The highest BCUT2D eigenvalue weighted by atomic mass is 35.5. The van der Waals surface area contributed by atoms with Crippen molar-refractivity contribution < 1.29 is 9.90 Å². The first kappa shape index (κ1) is 11.8. The van der Waals surface area contributed by atoms with Gasteiger partial charge < -0.3 is 5.11 Å². The van der Waals surface area contributed by atoms with E-state index < -0.39 is 12.0 Å². The fraction of sp³-hybridized carbons (Fsp3) is 0.600. The first-order chi connectivity index (χ1) is 7.66. The topological polar surface area (TPSA) is 62.2 Å². The van der Waals surface area contributed by atoms with Crippen molar-refractivity contribution in [1.82, 2.24) is 10.3 Å². The van der Waals surface area contributed by atoms with Crippen LogP contribution in [0, 0.1) is 0 Å². The Kier molecular flexibility index (Phi) is 3.78. The van der Waals surface area contributed by atoms with E-state index in [-0.39, 0.29) is 0 Å². The minimum Gasteiger partial charge on any atom is -0.480 e. The molecule has 1 aromatic rings. The summed E-state index contributed by atoms with van der Waals surface area (Å²) in [6, 6.07) is -0.427. The molecule has 0 bridgehead atoms. The number of nitrogens with zero attached hydrogens (tertiary/aromatic N) is 1. The minimum absolute atomic E-state index is 0.295. The zero-order chi connectivity index (χ0) is 11.5. The second kappa shape index (κ2) is 5.12. The van der Waals surface area contributed by atoms with Gasteiger partial charge in [-0.1, -0.05) is 24.4 Å². The molecule has 0 aliphatic heterocycles. The standard InChI is InChI=1S/C10H13ClN2O2S/c11-7-5-12-9(16-7)8(10(14)15)13-6-3-1-2-4-6/h5-6,8,13H,1-4H2,(H,14,15). The number of hydrogen-bond donors (Lipinski definition) is 2. The quantitative estimate of drug-likeness (QED) is 0.873. The van der Waals surface area contributed by atoms with Gasteiger partial charge in [0.1, 0.15) is 9.34 Å². The Bertz CT molecular complexity index is 377. The summed E-state index contributed by atoms with van der Waals surface area (Å²) < 4.78 is 0.523. The van der Waals surface area contributed by atoms with Gasteiger partial charge in [0.25, 0.3) is 0 Å². The van der Waals surface area contributed by atoms with Gasteiger partial charge in [0.15, 0.2) is 6.04 Å². The van der Waals surface area contributed by atoms with Gasteiger partial charge in [-0.2, -0.15) is 0 Å². The van der Waals surface area contributed by atoms with Crippen LogP contribution in [0.3, 0.4) is 0 Å². The van der Waals surface area contributed by atoms with Crippen LogP contribution in [0.4, 0.5) is 0 Å². The van der Waals surface area contributed by atoms with E-state index in [0.29, 0.717) is 15.4 Å². The van der Waals surface area contributed by atoms with Crippen molar-refractivity contribution in [3.63, 3.8) is 0 Å². The lowest BCUT2D eigenvalue weighted by atomic mass is 10.2. The van der Waals surface area contributed by atoms with Gasteiger partial charge in [0.2, 0.25) is 0 Å². The van der Waals surface area contributed by atoms with E-state index in [4.69, 9.17) is 16.7 Å².